The van der Waals surface area contributed by atoms with Gasteiger partial charge in [0.05, 0.1) is 48.6 Å². The van der Waals surface area contributed by atoms with Crippen LogP contribution in [0.2, 0.25) is 0 Å². The average molecular weight is 490 g/mol. The van der Waals surface area contributed by atoms with E-state index in [1.54, 1.807) is 6.26 Å². The Morgan fingerprint density at radius 3 is 2.50 bits per heavy atom. The Kier molecular flexibility index (Phi) is 8.59. The number of para-hydroxylation sites is 1. The first-order valence-corrected chi connectivity index (χ1v) is 12.3. The molecule has 0 amide bonds. The molecule has 2 aromatic carbocycles. The fraction of sp³-hybridized carbons (Fsp3) is 0.345. The van der Waals surface area contributed by atoms with Crippen molar-refractivity contribution in [1.82, 2.24) is 14.7 Å². The third kappa shape index (κ3) is 6.85. The van der Waals surface area contributed by atoms with Gasteiger partial charge in [0.2, 0.25) is 5.88 Å². The van der Waals surface area contributed by atoms with Crippen LogP contribution in [0.15, 0.2) is 77.4 Å². The zero-order chi connectivity index (χ0) is 25.5. The van der Waals surface area contributed by atoms with Crippen LogP contribution in [0.5, 0.6) is 11.6 Å². The Morgan fingerprint density at radius 1 is 1.00 bits per heavy atom. The molecule has 1 N–H and O–H groups in total. The fourth-order valence-corrected chi connectivity index (χ4v) is 4.05. The van der Waals surface area contributed by atoms with Crippen LogP contribution in [0.1, 0.15) is 36.4 Å². The third-order valence-electron chi connectivity index (χ3n) is 5.77. The summed E-state index contributed by atoms with van der Waals surface area (Å²) in [7, 11) is 0. The number of hydrogen-bond donors (Lipinski definition) is 1. The number of rotatable bonds is 12. The van der Waals surface area contributed by atoms with Crippen LogP contribution in [-0.2, 0) is 17.8 Å². The number of nitrogens with zero attached hydrogens (tertiary/aromatic N) is 3. The second-order valence-corrected chi connectivity index (χ2v) is 9.32. The largest absolute Gasteiger partial charge is 0.468 e. The molecule has 1 atom stereocenters. The predicted molar refractivity (Wildman–Crippen MR) is 139 cm³/mol. The Labute approximate surface area is 212 Å². The van der Waals surface area contributed by atoms with Gasteiger partial charge in [0.15, 0.2) is 0 Å². The molecule has 0 saturated heterocycles. The molecule has 0 aliphatic rings. The van der Waals surface area contributed by atoms with E-state index in [0.29, 0.717) is 25.5 Å². The summed E-state index contributed by atoms with van der Waals surface area (Å²) in [6.45, 7) is 9.67. The number of hydrogen-bond acceptors (Lipinski definition) is 6. The van der Waals surface area contributed by atoms with Gasteiger partial charge in [0.25, 0.3) is 0 Å². The minimum absolute atomic E-state index is 0.0545. The summed E-state index contributed by atoms with van der Waals surface area (Å²) in [5.74, 6) is 2.22. The van der Waals surface area contributed by atoms with E-state index < -0.39 is 6.10 Å². The van der Waals surface area contributed by atoms with E-state index in [4.69, 9.17) is 19.0 Å². The van der Waals surface area contributed by atoms with E-state index in [1.165, 1.54) is 0 Å². The van der Waals surface area contributed by atoms with Crippen molar-refractivity contribution in [3.63, 3.8) is 0 Å². The van der Waals surface area contributed by atoms with Crippen LogP contribution in [0.25, 0.3) is 5.69 Å². The standard InChI is InChI=1S/C29H35N3O4/c1-21(2)35-20-25(33)17-31(18-27-14-9-15-34-27)19-28-23(4)30-32(24-11-6-5-7-12-24)29(28)36-26-13-8-10-22(3)16-26/h5-16,21,25,33H,17-20H2,1-4H3/t25-/m1/s1. The quantitative estimate of drug-likeness (QED) is 0.277. The predicted octanol–water partition coefficient (Wildman–Crippen LogP) is 5.66. The van der Waals surface area contributed by atoms with Gasteiger partial charge >= 0.3 is 0 Å². The molecule has 0 bridgehead atoms. The monoisotopic (exact) mass is 489 g/mol. The number of aliphatic hydroxyl groups is 1. The fourth-order valence-electron chi connectivity index (χ4n) is 4.05. The van der Waals surface area contributed by atoms with Crippen molar-refractivity contribution in [2.75, 3.05) is 13.2 Å². The highest BCUT2D eigenvalue weighted by molar-refractivity contribution is 5.43. The van der Waals surface area contributed by atoms with Crippen molar-refractivity contribution in [2.24, 2.45) is 0 Å². The Balaban J connectivity index is 1.67. The maximum Gasteiger partial charge on any atom is 0.227 e. The molecule has 7 nitrogen and oxygen atoms in total. The van der Waals surface area contributed by atoms with Crippen molar-refractivity contribution < 1.29 is 19.0 Å². The first kappa shape index (κ1) is 25.7. The summed E-state index contributed by atoms with van der Waals surface area (Å²) < 4.78 is 19.6. The van der Waals surface area contributed by atoms with Crippen LogP contribution in [0.4, 0.5) is 0 Å². The number of ether oxygens (including phenoxy) is 2. The highest BCUT2D eigenvalue weighted by Gasteiger charge is 2.23. The Hall–Kier alpha value is -3.39. The smallest absolute Gasteiger partial charge is 0.227 e. The van der Waals surface area contributed by atoms with Crippen molar-refractivity contribution in [3.8, 4) is 17.3 Å². The molecule has 4 rings (SSSR count). The minimum atomic E-state index is -0.645. The van der Waals surface area contributed by atoms with Gasteiger partial charge in [0.1, 0.15) is 11.5 Å². The Morgan fingerprint density at radius 2 is 1.81 bits per heavy atom. The molecule has 0 radical (unpaired) electrons. The van der Waals surface area contributed by atoms with Gasteiger partial charge in [-0.25, -0.2) is 4.68 Å². The normalized spacial score (nSPS) is 12.4. The van der Waals surface area contributed by atoms with Gasteiger partial charge in [-0.05, 0) is 69.7 Å². The van der Waals surface area contributed by atoms with Gasteiger partial charge in [-0.2, -0.15) is 5.10 Å². The molecule has 2 heterocycles. The molecule has 0 fully saturated rings. The van der Waals surface area contributed by atoms with Gasteiger partial charge in [-0.15, -0.1) is 0 Å². The summed E-state index contributed by atoms with van der Waals surface area (Å²) in [4.78, 5) is 2.13. The molecule has 7 heteroatoms. The lowest BCUT2D eigenvalue weighted by Crippen LogP contribution is -2.35. The third-order valence-corrected chi connectivity index (χ3v) is 5.77. The number of aryl methyl sites for hydroxylation is 2. The number of aliphatic hydroxyl groups excluding tert-OH is 1. The summed E-state index contributed by atoms with van der Waals surface area (Å²) in [6, 6.07) is 21.7. The highest BCUT2D eigenvalue weighted by atomic mass is 16.5. The van der Waals surface area contributed by atoms with Crippen molar-refractivity contribution in [1.29, 1.82) is 0 Å². The topological polar surface area (TPSA) is 72.9 Å². The van der Waals surface area contributed by atoms with E-state index in [1.807, 2.05) is 99.1 Å². The van der Waals surface area contributed by atoms with Crippen molar-refractivity contribution in [3.05, 3.63) is 95.6 Å². The molecule has 0 saturated carbocycles. The lowest BCUT2D eigenvalue weighted by molar-refractivity contribution is -0.0114. The highest BCUT2D eigenvalue weighted by Crippen LogP contribution is 2.32. The number of benzene rings is 2. The van der Waals surface area contributed by atoms with Crippen LogP contribution in [0.3, 0.4) is 0 Å². The van der Waals surface area contributed by atoms with Gasteiger partial charge in [-0.3, -0.25) is 4.90 Å². The molecule has 4 aromatic rings. The lowest BCUT2D eigenvalue weighted by atomic mass is 10.2. The lowest BCUT2D eigenvalue weighted by Gasteiger charge is -2.25. The molecule has 0 unspecified atom stereocenters. The van der Waals surface area contributed by atoms with Gasteiger partial charge in [0, 0.05) is 13.1 Å². The maximum atomic E-state index is 10.7. The second-order valence-electron chi connectivity index (χ2n) is 9.32. The van der Waals surface area contributed by atoms with Gasteiger partial charge in [-0.1, -0.05) is 30.3 Å². The zero-order valence-electron chi connectivity index (χ0n) is 21.4. The van der Waals surface area contributed by atoms with Crippen LogP contribution in [0, 0.1) is 13.8 Å². The summed E-state index contributed by atoms with van der Waals surface area (Å²) in [5, 5.41) is 15.6. The summed E-state index contributed by atoms with van der Waals surface area (Å²) in [6.07, 6.45) is 1.07. The van der Waals surface area contributed by atoms with E-state index in [2.05, 4.69) is 4.90 Å². The number of aromatic nitrogens is 2. The molecular formula is C29H35N3O4. The molecular weight excluding hydrogens is 454 g/mol. The van der Waals surface area contributed by atoms with E-state index in [9.17, 15) is 5.11 Å². The van der Waals surface area contributed by atoms with E-state index >= 15 is 0 Å². The molecule has 0 spiro atoms. The first-order chi connectivity index (χ1) is 17.4. The maximum absolute atomic E-state index is 10.7. The average Bonchev–Trinajstić information content (AvgIpc) is 3.47. The number of furan rings is 1. The SMILES string of the molecule is Cc1cccc(Oc2c(CN(Cc3ccco3)C[C@@H](O)COC(C)C)c(C)nn2-c2ccccc2)c1. The molecule has 190 valence electrons. The molecule has 0 aliphatic heterocycles. The zero-order valence-corrected chi connectivity index (χ0v) is 21.4. The van der Waals surface area contributed by atoms with Crippen LogP contribution in [-0.4, -0.2) is 45.1 Å². The molecule has 36 heavy (non-hydrogen) atoms. The molecule has 2 aromatic heterocycles. The Bertz CT molecular complexity index is 1220. The van der Waals surface area contributed by atoms with Crippen molar-refractivity contribution >= 4 is 0 Å². The van der Waals surface area contributed by atoms with Crippen molar-refractivity contribution in [2.45, 2.75) is 53.0 Å². The second kappa shape index (κ2) is 12.0. The van der Waals surface area contributed by atoms with Crippen LogP contribution < -0.4 is 4.74 Å². The van der Waals surface area contributed by atoms with E-state index in [0.717, 1.165) is 34.0 Å². The van der Waals surface area contributed by atoms with E-state index in [-0.39, 0.29) is 12.7 Å². The van der Waals surface area contributed by atoms with Gasteiger partial charge < -0.3 is 19.0 Å². The minimum Gasteiger partial charge on any atom is -0.468 e. The summed E-state index contributed by atoms with van der Waals surface area (Å²) >= 11 is 0. The summed E-state index contributed by atoms with van der Waals surface area (Å²) in [5.41, 5.74) is 3.84. The molecule has 0 aliphatic carbocycles. The first-order valence-electron chi connectivity index (χ1n) is 12.3. The van der Waals surface area contributed by atoms with Crippen LogP contribution >= 0.6 is 0 Å².